The molecule has 1 saturated carbocycles. The number of hydrogen-bond donors (Lipinski definition) is 2. The van der Waals surface area contributed by atoms with Crippen LogP contribution >= 0.6 is 0 Å². The molecule has 0 bridgehead atoms. The minimum absolute atomic E-state index is 0.139. The molecule has 1 amide bonds. The number of likely N-dealkylation sites (N-methyl/N-ethyl adjacent to an activating group) is 1. The van der Waals surface area contributed by atoms with Crippen LogP contribution in [0.15, 0.2) is 54.6 Å². The van der Waals surface area contributed by atoms with Gasteiger partial charge in [-0.15, -0.1) is 0 Å². The van der Waals surface area contributed by atoms with E-state index in [1.165, 1.54) is 7.05 Å². The van der Waals surface area contributed by atoms with E-state index in [0.717, 1.165) is 42.7 Å². The van der Waals surface area contributed by atoms with Crippen LogP contribution in [-0.4, -0.2) is 55.3 Å². The van der Waals surface area contributed by atoms with Gasteiger partial charge in [0, 0.05) is 19.0 Å². The fourth-order valence-electron chi connectivity index (χ4n) is 4.36. The van der Waals surface area contributed by atoms with Gasteiger partial charge in [-0.2, -0.15) is 0 Å². The summed E-state index contributed by atoms with van der Waals surface area (Å²) in [6.07, 6.45) is 4.13. The quantitative estimate of drug-likeness (QED) is 0.339. The zero-order valence-electron chi connectivity index (χ0n) is 18.5. The highest BCUT2D eigenvalue weighted by Gasteiger charge is 2.37. The summed E-state index contributed by atoms with van der Waals surface area (Å²) in [6, 6.07) is 17.7. The smallest absolute Gasteiger partial charge is 0.273 e. The number of nitrogens with zero attached hydrogens (tertiary/aromatic N) is 1. The summed E-state index contributed by atoms with van der Waals surface area (Å²) >= 11 is 0. The van der Waals surface area contributed by atoms with Gasteiger partial charge in [0.15, 0.2) is 5.71 Å². The Kier molecular flexibility index (Phi) is 7.53. The van der Waals surface area contributed by atoms with Crippen LogP contribution in [0, 0.1) is 5.41 Å². The molecule has 2 aromatic rings. The average Bonchev–Trinajstić information content (AvgIpc) is 3.27. The van der Waals surface area contributed by atoms with Crippen LogP contribution in [0.2, 0.25) is 0 Å². The number of rotatable bonds is 10. The Labute approximate surface area is 188 Å². The Bertz CT molecular complexity index is 997. The summed E-state index contributed by atoms with van der Waals surface area (Å²) in [7, 11) is 3.11. The molecule has 2 N–H and O–H groups in total. The normalized spacial score (nSPS) is 14.7. The standard InChI is InChI=1S/C25H29N3O4/c1-27-24(31)22(26)23(30)21(29)16-28(2)17-25(13-6-7-14-25)18-9-8-12-20(15-18)32-19-10-4-3-5-11-19/h3-5,8-12,15,26H,6-7,13-14,16-17H2,1-2H3,(H,27,31). The predicted molar refractivity (Wildman–Crippen MR) is 122 cm³/mol. The average molecular weight is 436 g/mol. The number of para-hydroxylation sites is 1. The van der Waals surface area contributed by atoms with Crippen LogP contribution in [0.25, 0.3) is 0 Å². The third kappa shape index (κ3) is 5.48. The Morgan fingerprint density at radius 2 is 1.69 bits per heavy atom. The van der Waals surface area contributed by atoms with Gasteiger partial charge in [-0.3, -0.25) is 24.7 Å². The van der Waals surface area contributed by atoms with Crippen molar-refractivity contribution in [1.82, 2.24) is 10.2 Å². The Hall–Kier alpha value is -3.32. The van der Waals surface area contributed by atoms with E-state index in [-0.39, 0.29) is 12.0 Å². The van der Waals surface area contributed by atoms with Gasteiger partial charge in [0.1, 0.15) is 11.5 Å². The molecule has 0 heterocycles. The molecule has 0 atom stereocenters. The first-order valence-electron chi connectivity index (χ1n) is 10.7. The molecule has 7 heteroatoms. The minimum Gasteiger partial charge on any atom is -0.457 e. The van der Waals surface area contributed by atoms with Crippen LogP contribution < -0.4 is 10.1 Å². The molecular formula is C25H29N3O4. The Morgan fingerprint density at radius 1 is 1.03 bits per heavy atom. The van der Waals surface area contributed by atoms with Gasteiger partial charge < -0.3 is 10.1 Å². The molecule has 1 fully saturated rings. The van der Waals surface area contributed by atoms with Crippen LogP contribution in [0.5, 0.6) is 11.5 Å². The fraction of sp³-hybridized carbons (Fsp3) is 0.360. The second-order valence-corrected chi connectivity index (χ2v) is 8.31. The van der Waals surface area contributed by atoms with E-state index < -0.39 is 23.2 Å². The van der Waals surface area contributed by atoms with Crippen LogP contribution in [0.4, 0.5) is 0 Å². The molecule has 0 spiro atoms. The SMILES string of the molecule is CNC(=O)C(=N)C(=O)C(=O)CN(C)CC1(c2cccc(Oc3ccccc3)c2)CCCC1. The van der Waals surface area contributed by atoms with Crippen molar-refractivity contribution in [2.75, 3.05) is 27.2 Å². The summed E-state index contributed by atoms with van der Waals surface area (Å²) in [5.74, 6) is -1.14. The third-order valence-electron chi connectivity index (χ3n) is 5.91. The van der Waals surface area contributed by atoms with Crippen molar-refractivity contribution in [3.63, 3.8) is 0 Å². The summed E-state index contributed by atoms with van der Waals surface area (Å²) in [4.78, 5) is 37.8. The maximum absolute atomic E-state index is 12.4. The minimum atomic E-state index is -1.06. The van der Waals surface area contributed by atoms with Gasteiger partial charge in [-0.25, -0.2) is 0 Å². The first-order valence-corrected chi connectivity index (χ1v) is 10.7. The van der Waals surface area contributed by atoms with Crippen LogP contribution in [0.1, 0.15) is 31.2 Å². The zero-order valence-corrected chi connectivity index (χ0v) is 18.5. The van der Waals surface area contributed by atoms with E-state index in [1.807, 2.05) is 47.4 Å². The summed E-state index contributed by atoms with van der Waals surface area (Å²) < 4.78 is 6.01. The number of amides is 1. The lowest BCUT2D eigenvalue weighted by molar-refractivity contribution is -0.134. The van der Waals surface area contributed by atoms with E-state index in [9.17, 15) is 14.4 Å². The third-order valence-corrected chi connectivity index (χ3v) is 5.91. The van der Waals surface area contributed by atoms with Crippen molar-refractivity contribution >= 4 is 23.2 Å². The first kappa shape index (κ1) is 23.3. The molecule has 0 saturated heterocycles. The number of carbonyl (C=O) groups is 3. The molecule has 0 unspecified atom stereocenters. The molecule has 1 aliphatic rings. The van der Waals surface area contributed by atoms with Crippen molar-refractivity contribution in [3.05, 3.63) is 60.2 Å². The van der Waals surface area contributed by atoms with Crippen LogP contribution in [-0.2, 0) is 19.8 Å². The predicted octanol–water partition coefficient (Wildman–Crippen LogP) is 3.13. The second-order valence-electron chi connectivity index (χ2n) is 8.31. The number of carbonyl (C=O) groups excluding carboxylic acids is 3. The van der Waals surface area contributed by atoms with Crippen LogP contribution in [0.3, 0.4) is 0 Å². The molecule has 2 aromatic carbocycles. The number of ether oxygens (including phenoxy) is 1. The first-order chi connectivity index (χ1) is 15.3. The highest BCUT2D eigenvalue weighted by atomic mass is 16.5. The number of Topliss-reactive ketones (excluding diaryl/α,β-unsaturated/α-hetero) is 2. The molecule has 168 valence electrons. The van der Waals surface area contributed by atoms with Crippen molar-refractivity contribution in [2.45, 2.75) is 31.1 Å². The summed E-state index contributed by atoms with van der Waals surface area (Å²) in [5.41, 5.74) is 0.169. The Morgan fingerprint density at radius 3 is 2.34 bits per heavy atom. The van der Waals surface area contributed by atoms with Gasteiger partial charge in [-0.1, -0.05) is 43.2 Å². The number of benzene rings is 2. The number of hydrogen-bond acceptors (Lipinski definition) is 6. The topological polar surface area (TPSA) is 99.6 Å². The van der Waals surface area contributed by atoms with E-state index in [1.54, 1.807) is 7.05 Å². The van der Waals surface area contributed by atoms with E-state index in [2.05, 4.69) is 17.4 Å². The van der Waals surface area contributed by atoms with Crippen molar-refractivity contribution in [3.8, 4) is 11.5 Å². The fourth-order valence-corrected chi connectivity index (χ4v) is 4.36. The number of ketones is 2. The summed E-state index contributed by atoms with van der Waals surface area (Å²) in [5, 5.41) is 9.77. The molecule has 0 aromatic heterocycles. The van der Waals surface area contributed by atoms with Crippen molar-refractivity contribution in [2.24, 2.45) is 0 Å². The maximum atomic E-state index is 12.4. The van der Waals surface area contributed by atoms with Gasteiger partial charge in [-0.05, 0) is 49.7 Å². The lowest BCUT2D eigenvalue weighted by Crippen LogP contribution is -2.44. The molecule has 0 radical (unpaired) electrons. The van der Waals surface area contributed by atoms with Gasteiger partial charge >= 0.3 is 0 Å². The maximum Gasteiger partial charge on any atom is 0.273 e. The van der Waals surface area contributed by atoms with E-state index in [4.69, 9.17) is 10.1 Å². The Balaban J connectivity index is 1.72. The van der Waals surface area contributed by atoms with Crippen molar-refractivity contribution in [1.29, 1.82) is 5.41 Å². The molecule has 32 heavy (non-hydrogen) atoms. The molecule has 7 nitrogen and oxygen atoms in total. The number of nitrogens with one attached hydrogen (secondary N) is 2. The lowest BCUT2D eigenvalue weighted by Gasteiger charge is -2.34. The van der Waals surface area contributed by atoms with Gasteiger partial charge in [0.05, 0.1) is 6.54 Å². The highest BCUT2D eigenvalue weighted by molar-refractivity contribution is 6.78. The van der Waals surface area contributed by atoms with E-state index in [0.29, 0.717) is 6.54 Å². The lowest BCUT2D eigenvalue weighted by atomic mass is 9.78. The second kappa shape index (κ2) is 10.3. The molecule has 0 aliphatic heterocycles. The molecular weight excluding hydrogens is 406 g/mol. The monoisotopic (exact) mass is 435 g/mol. The molecule has 3 rings (SSSR count). The van der Waals surface area contributed by atoms with Gasteiger partial charge in [0.25, 0.3) is 11.7 Å². The largest absolute Gasteiger partial charge is 0.457 e. The van der Waals surface area contributed by atoms with Crippen molar-refractivity contribution < 1.29 is 19.1 Å². The zero-order chi connectivity index (χ0) is 23.1. The summed E-state index contributed by atoms with van der Waals surface area (Å²) in [6.45, 7) is 0.453. The van der Waals surface area contributed by atoms with Gasteiger partial charge in [0.2, 0.25) is 5.78 Å². The van der Waals surface area contributed by atoms with E-state index >= 15 is 0 Å². The molecule has 1 aliphatic carbocycles. The highest BCUT2D eigenvalue weighted by Crippen LogP contribution is 2.42.